The van der Waals surface area contributed by atoms with E-state index in [0.29, 0.717) is 29.2 Å². The molecule has 1 aliphatic carbocycles. The van der Waals surface area contributed by atoms with E-state index in [1.165, 1.54) is 18.4 Å². The average Bonchev–Trinajstić information content (AvgIpc) is 3.35. The number of esters is 2. The normalized spacial score (nSPS) is 16.6. The van der Waals surface area contributed by atoms with Crippen LogP contribution < -0.4 is 10.1 Å². The molecular weight excluding hydrogens is 506 g/mol. The molecule has 1 atom stereocenters. The van der Waals surface area contributed by atoms with Gasteiger partial charge in [0.05, 0.1) is 7.11 Å². The van der Waals surface area contributed by atoms with Gasteiger partial charge in [-0.05, 0) is 62.3 Å². The summed E-state index contributed by atoms with van der Waals surface area (Å²) in [4.78, 5) is 38.8. The Morgan fingerprint density at radius 3 is 2.47 bits per heavy atom. The molecule has 9 heteroatoms. The summed E-state index contributed by atoms with van der Waals surface area (Å²) in [5.74, 6) is -0.212. The molecule has 0 bridgehead atoms. The average molecular weight is 538 g/mol. The van der Waals surface area contributed by atoms with E-state index in [1.54, 1.807) is 38.3 Å². The number of hydrogen-bond acceptors (Lipinski definition) is 8. The van der Waals surface area contributed by atoms with Crippen LogP contribution in [0.15, 0.2) is 60.0 Å². The molecule has 0 unspecified atom stereocenters. The fraction of sp³-hybridized carbons (Fsp3) is 0.345. The van der Waals surface area contributed by atoms with Crippen molar-refractivity contribution in [2.45, 2.75) is 57.8 Å². The highest BCUT2D eigenvalue weighted by atomic mass is 32.1. The predicted octanol–water partition coefficient (Wildman–Crippen LogP) is 5.82. The Bertz CT molecular complexity index is 1310. The third-order valence-electron chi connectivity index (χ3n) is 6.09. The van der Waals surface area contributed by atoms with Gasteiger partial charge < -0.3 is 24.3 Å². The van der Waals surface area contributed by atoms with Crippen molar-refractivity contribution in [2.24, 2.45) is 0 Å². The maximum Gasteiger partial charge on any atom is 0.408 e. The molecule has 2 aromatic carbocycles. The molecule has 1 heterocycles. The lowest BCUT2D eigenvalue weighted by Crippen LogP contribution is -2.59. The molecule has 1 aromatic heterocycles. The standard InChI is InChI=1S/C29H31NO7S/c1-28(2,3)37-27(33)30-29(26(32)34-4)15-13-20-11-8-12-22(21(20)17-29)36-23-14-16-38-24(23)25(31)35-18-19-9-6-5-7-10-19/h5-12,14,16H,13,15,17-18H2,1-4H3,(H,30,33)/t29-/m0/s1. The highest BCUT2D eigenvalue weighted by Crippen LogP contribution is 2.39. The molecule has 0 saturated heterocycles. The maximum atomic E-state index is 13.0. The van der Waals surface area contributed by atoms with Gasteiger partial charge in [-0.3, -0.25) is 0 Å². The topological polar surface area (TPSA) is 100 Å². The van der Waals surface area contributed by atoms with Gasteiger partial charge in [0.2, 0.25) is 0 Å². The fourth-order valence-corrected chi connectivity index (χ4v) is 5.05. The molecule has 1 N–H and O–H groups in total. The number of amides is 1. The summed E-state index contributed by atoms with van der Waals surface area (Å²) in [6.07, 6.45) is 0.284. The molecule has 3 aromatic rings. The molecule has 0 radical (unpaired) electrons. The molecule has 8 nitrogen and oxygen atoms in total. The smallest absolute Gasteiger partial charge is 0.408 e. The molecule has 0 aliphatic heterocycles. The molecular formula is C29H31NO7S. The Hall–Kier alpha value is -3.85. The number of thiophene rings is 1. The highest BCUT2D eigenvalue weighted by molar-refractivity contribution is 7.12. The summed E-state index contributed by atoms with van der Waals surface area (Å²) < 4.78 is 22.2. The first-order valence-corrected chi connectivity index (χ1v) is 13.1. The van der Waals surface area contributed by atoms with E-state index in [-0.39, 0.29) is 13.0 Å². The van der Waals surface area contributed by atoms with Crippen LogP contribution in [0, 0.1) is 0 Å². The van der Waals surface area contributed by atoms with Crippen molar-refractivity contribution in [2.75, 3.05) is 7.11 Å². The van der Waals surface area contributed by atoms with E-state index in [1.807, 2.05) is 42.5 Å². The van der Waals surface area contributed by atoms with Crippen molar-refractivity contribution in [3.63, 3.8) is 0 Å². The van der Waals surface area contributed by atoms with Crippen LogP contribution in [0.2, 0.25) is 0 Å². The van der Waals surface area contributed by atoms with Gasteiger partial charge in [-0.25, -0.2) is 14.4 Å². The zero-order valence-corrected chi connectivity index (χ0v) is 22.7. The Morgan fingerprint density at radius 2 is 1.76 bits per heavy atom. The summed E-state index contributed by atoms with van der Waals surface area (Å²) in [6, 6.07) is 16.7. The number of carbonyl (C=O) groups excluding carboxylic acids is 3. The van der Waals surface area contributed by atoms with E-state index in [9.17, 15) is 14.4 Å². The van der Waals surface area contributed by atoms with Crippen LogP contribution in [-0.2, 0) is 38.5 Å². The number of methoxy groups -OCH3 is 1. The molecule has 38 heavy (non-hydrogen) atoms. The van der Waals surface area contributed by atoms with Crippen molar-refractivity contribution >= 4 is 29.4 Å². The van der Waals surface area contributed by atoms with E-state index < -0.39 is 29.2 Å². The van der Waals surface area contributed by atoms with Crippen molar-refractivity contribution in [3.05, 3.63) is 81.5 Å². The van der Waals surface area contributed by atoms with Gasteiger partial charge >= 0.3 is 18.0 Å². The molecule has 0 saturated carbocycles. The van der Waals surface area contributed by atoms with E-state index in [2.05, 4.69) is 5.32 Å². The third-order valence-corrected chi connectivity index (χ3v) is 6.97. The summed E-state index contributed by atoms with van der Waals surface area (Å²) in [6.45, 7) is 5.41. The van der Waals surface area contributed by atoms with Gasteiger partial charge in [0, 0.05) is 12.0 Å². The van der Waals surface area contributed by atoms with Gasteiger partial charge in [0.15, 0.2) is 10.6 Å². The Balaban J connectivity index is 1.56. The zero-order valence-electron chi connectivity index (χ0n) is 21.9. The van der Waals surface area contributed by atoms with Crippen LogP contribution >= 0.6 is 11.3 Å². The van der Waals surface area contributed by atoms with Gasteiger partial charge in [-0.15, -0.1) is 11.3 Å². The van der Waals surface area contributed by atoms with Crippen molar-refractivity contribution < 1.29 is 33.3 Å². The zero-order chi connectivity index (χ0) is 27.3. The summed E-state index contributed by atoms with van der Waals surface area (Å²) >= 11 is 1.22. The number of rotatable bonds is 7. The second kappa shape index (κ2) is 11.3. The number of benzene rings is 2. The van der Waals surface area contributed by atoms with Crippen LogP contribution in [0.4, 0.5) is 4.79 Å². The minimum Gasteiger partial charge on any atom is -0.467 e. The van der Waals surface area contributed by atoms with Crippen molar-refractivity contribution in [1.29, 1.82) is 0 Å². The molecule has 200 valence electrons. The first-order valence-electron chi connectivity index (χ1n) is 12.3. The number of aryl methyl sites for hydroxylation is 1. The minimum atomic E-state index is -1.32. The molecule has 0 spiro atoms. The number of hydrogen-bond donors (Lipinski definition) is 1. The number of alkyl carbamates (subject to hydrolysis) is 1. The first kappa shape index (κ1) is 27.2. The molecule has 0 fully saturated rings. The van der Waals surface area contributed by atoms with Gasteiger partial charge in [-0.2, -0.15) is 0 Å². The Labute approximate surface area is 225 Å². The van der Waals surface area contributed by atoms with Crippen LogP contribution in [-0.4, -0.2) is 36.3 Å². The largest absolute Gasteiger partial charge is 0.467 e. The summed E-state index contributed by atoms with van der Waals surface area (Å²) in [5, 5.41) is 4.52. The van der Waals surface area contributed by atoms with Gasteiger partial charge in [0.1, 0.15) is 23.5 Å². The van der Waals surface area contributed by atoms with E-state index in [0.717, 1.165) is 16.7 Å². The molecule has 1 amide bonds. The van der Waals surface area contributed by atoms with E-state index >= 15 is 0 Å². The second-order valence-electron chi connectivity index (χ2n) is 10.0. The lowest BCUT2D eigenvalue weighted by Gasteiger charge is -2.37. The maximum absolute atomic E-state index is 13.0. The fourth-order valence-electron chi connectivity index (χ4n) is 4.34. The monoisotopic (exact) mass is 537 g/mol. The quantitative estimate of drug-likeness (QED) is 0.299. The van der Waals surface area contributed by atoms with Gasteiger partial charge in [0.25, 0.3) is 0 Å². The van der Waals surface area contributed by atoms with E-state index in [4.69, 9.17) is 18.9 Å². The SMILES string of the molecule is COC(=O)[C@]1(NC(=O)OC(C)(C)C)CCc2cccc(Oc3ccsc3C(=O)OCc3ccccc3)c2C1. The van der Waals surface area contributed by atoms with Crippen LogP contribution in [0.5, 0.6) is 11.5 Å². The Kier molecular flexibility index (Phi) is 8.06. The third kappa shape index (κ3) is 6.34. The number of ether oxygens (including phenoxy) is 4. The number of carbonyl (C=O) groups is 3. The lowest BCUT2D eigenvalue weighted by molar-refractivity contribution is -0.149. The minimum absolute atomic E-state index is 0.141. The highest BCUT2D eigenvalue weighted by Gasteiger charge is 2.45. The second-order valence-corrected chi connectivity index (χ2v) is 11.0. The van der Waals surface area contributed by atoms with Crippen molar-refractivity contribution in [1.82, 2.24) is 5.32 Å². The number of fused-ring (bicyclic) bond motifs is 1. The summed E-state index contributed by atoms with van der Waals surface area (Å²) in [7, 11) is 1.29. The van der Waals surface area contributed by atoms with Crippen LogP contribution in [0.3, 0.4) is 0 Å². The van der Waals surface area contributed by atoms with Gasteiger partial charge in [-0.1, -0.05) is 42.5 Å². The van der Waals surface area contributed by atoms with Crippen LogP contribution in [0.25, 0.3) is 0 Å². The summed E-state index contributed by atoms with van der Waals surface area (Å²) in [5.41, 5.74) is 0.558. The number of nitrogens with one attached hydrogen (secondary N) is 1. The lowest BCUT2D eigenvalue weighted by atomic mass is 9.77. The molecule has 1 aliphatic rings. The first-order chi connectivity index (χ1) is 18.1. The predicted molar refractivity (Wildman–Crippen MR) is 143 cm³/mol. The Morgan fingerprint density at radius 1 is 1.00 bits per heavy atom. The molecule has 4 rings (SSSR count). The van der Waals surface area contributed by atoms with Crippen molar-refractivity contribution in [3.8, 4) is 11.5 Å². The van der Waals surface area contributed by atoms with Crippen LogP contribution in [0.1, 0.15) is 53.6 Å².